The van der Waals surface area contributed by atoms with E-state index in [4.69, 9.17) is 14.4 Å². The van der Waals surface area contributed by atoms with E-state index in [9.17, 15) is 0 Å². The summed E-state index contributed by atoms with van der Waals surface area (Å²) in [5.41, 5.74) is 3.17. The normalized spacial score (nSPS) is 10.5. The Morgan fingerprint density at radius 2 is 2.14 bits per heavy atom. The molecular formula is C17H14N2O2. The van der Waals surface area contributed by atoms with E-state index in [1.54, 1.807) is 6.07 Å². The van der Waals surface area contributed by atoms with Gasteiger partial charge in [-0.15, -0.1) is 0 Å². The lowest BCUT2D eigenvalue weighted by Gasteiger charge is -2.06. The minimum Gasteiger partial charge on any atom is -0.489 e. The average Bonchev–Trinajstić information content (AvgIpc) is 2.95. The molecule has 0 radical (unpaired) electrons. The van der Waals surface area contributed by atoms with Gasteiger partial charge in [-0.2, -0.15) is 5.26 Å². The van der Waals surface area contributed by atoms with E-state index in [-0.39, 0.29) is 0 Å². The summed E-state index contributed by atoms with van der Waals surface area (Å²) in [5.74, 6) is 1.46. The van der Waals surface area contributed by atoms with Gasteiger partial charge in [-0.1, -0.05) is 19.1 Å². The predicted molar refractivity (Wildman–Crippen MR) is 78.9 cm³/mol. The van der Waals surface area contributed by atoms with Crippen molar-refractivity contribution in [2.45, 2.75) is 20.0 Å². The second-order valence-electron chi connectivity index (χ2n) is 4.69. The highest BCUT2D eigenvalue weighted by molar-refractivity contribution is 5.74. The van der Waals surface area contributed by atoms with Crippen LogP contribution in [0.25, 0.3) is 11.1 Å². The summed E-state index contributed by atoms with van der Waals surface area (Å²) in [6.45, 7) is 2.42. The zero-order valence-corrected chi connectivity index (χ0v) is 11.7. The van der Waals surface area contributed by atoms with Crippen molar-refractivity contribution in [2.24, 2.45) is 0 Å². The van der Waals surface area contributed by atoms with Crippen LogP contribution in [0.4, 0.5) is 0 Å². The van der Waals surface area contributed by atoms with E-state index in [1.807, 2.05) is 43.3 Å². The zero-order chi connectivity index (χ0) is 14.7. The topological polar surface area (TPSA) is 59.0 Å². The molecule has 4 heteroatoms. The van der Waals surface area contributed by atoms with Crippen molar-refractivity contribution in [1.82, 2.24) is 4.98 Å². The molecule has 104 valence electrons. The monoisotopic (exact) mass is 278 g/mol. The number of nitriles is 1. The first kappa shape index (κ1) is 13.2. The highest BCUT2D eigenvalue weighted by Gasteiger charge is 2.05. The molecule has 1 heterocycles. The minimum atomic E-state index is 0.416. The number of hydrogen-bond donors (Lipinski definition) is 0. The Morgan fingerprint density at radius 3 is 2.95 bits per heavy atom. The van der Waals surface area contributed by atoms with Crippen molar-refractivity contribution in [3.8, 4) is 11.8 Å². The van der Waals surface area contributed by atoms with Crippen LogP contribution in [0.5, 0.6) is 5.75 Å². The third kappa shape index (κ3) is 2.87. The molecule has 21 heavy (non-hydrogen) atoms. The van der Waals surface area contributed by atoms with Gasteiger partial charge >= 0.3 is 0 Å². The number of nitrogens with zero attached hydrogens (tertiary/aromatic N) is 2. The van der Waals surface area contributed by atoms with Crippen molar-refractivity contribution in [1.29, 1.82) is 5.26 Å². The maximum absolute atomic E-state index is 8.88. The van der Waals surface area contributed by atoms with E-state index in [0.29, 0.717) is 12.2 Å². The number of hydrogen-bond acceptors (Lipinski definition) is 4. The Kier molecular flexibility index (Phi) is 3.57. The van der Waals surface area contributed by atoms with Crippen LogP contribution in [0.3, 0.4) is 0 Å². The highest BCUT2D eigenvalue weighted by Crippen LogP contribution is 2.22. The first-order valence-corrected chi connectivity index (χ1v) is 6.80. The Bertz CT molecular complexity index is 815. The van der Waals surface area contributed by atoms with E-state index in [2.05, 4.69) is 11.1 Å². The SMILES string of the molecule is CCc1nc2cc(OCc3cccc(C#N)c3)ccc2o1. The highest BCUT2D eigenvalue weighted by atomic mass is 16.5. The summed E-state index contributed by atoms with van der Waals surface area (Å²) in [5, 5.41) is 8.88. The van der Waals surface area contributed by atoms with Crippen molar-refractivity contribution < 1.29 is 9.15 Å². The van der Waals surface area contributed by atoms with Crippen molar-refractivity contribution in [3.05, 3.63) is 59.5 Å². The van der Waals surface area contributed by atoms with E-state index in [1.165, 1.54) is 0 Å². The van der Waals surface area contributed by atoms with Crippen LogP contribution in [0.2, 0.25) is 0 Å². The Balaban J connectivity index is 1.76. The number of rotatable bonds is 4. The molecule has 0 N–H and O–H groups in total. The zero-order valence-electron chi connectivity index (χ0n) is 11.7. The van der Waals surface area contributed by atoms with Crippen LogP contribution >= 0.6 is 0 Å². The molecule has 0 spiro atoms. The Labute approximate surface area is 122 Å². The lowest BCUT2D eigenvalue weighted by atomic mass is 10.1. The Hall–Kier alpha value is -2.80. The summed E-state index contributed by atoms with van der Waals surface area (Å²) in [4.78, 5) is 4.38. The third-order valence-electron chi connectivity index (χ3n) is 3.17. The average molecular weight is 278 g/mol. The number of benzene rings is 2. The first-order chi connectivity index (χ1) is 10.3. The van der Waals surface area contributed by atoms with Crippen molar-refractivity contribution in [3.63, 3.8) is 0 Å². The van der Waals surface area contributed by atoms with Crippen LogP contribution in [0, 0.1) is 11.3 Å². The van der Waals surface area contributed by atoms with Gasteiger partial charge in [0.15, 0.2) is 11.5 Å². The van der Waals surface area contributed by atoms with E-state index in [0.717, 1.165) is 34.7 Å². The van der Waals surface area contributed by atoms with Gasteiger partial charge in [0.05, 0.1) is 11.6 Å². The molecule has 0 atom stereocenters. The van der Waals surface area contributed by atoms with Crippen LogP contribution < -0.4 is 4.74 Å². The number of ether oxygens (including phenoxy) is 1. The predicted octanol–water partition coefficient (Wildman–Crippen LogP) is 3.84. The fraction of sp³-hybridized carbons (Fsp3) is 0.176. The fourth-order valence-electron chi connectivity index (χ4n) is 2.09. The molecule has 3 rings (SSSR count). The van der Waals surface area contributed by atoms with E-state index < -0.39 is 0 Å². The van der Waals surface area contributed by atoms with Gasteiger partial charge in [-0.05, 0) is 29.8 Å². The maximum atomic E-state index is 8.88. The van der Waals surface area contributed by atoms with Crippen LogP contribution in [0.1, 0.15) is 23.9 Å². The molecule has 0 aliphatic carbocycles. The molecule has 0 aliphatic rings. The van der Waals surface area contributed by atoms with Crippen LogP contribution in [0.15, 0.2) is 46.9 Å². The molecule has 0 fully saturated rings. The van der Waals surface area contributed by atoms with Gasteiger partial charge in [0.2, 0.25) is 0 Å². The lowest BCUT2D eigenvalue weighted by molar-refractivity contribution is 0.306. The lowest BCUT2D eigenvalue weighted by Crippen LogP contribution is -1.95. The summed E-state index contributed by atoms with van der Waals surface area (Å²) in [7, 11) is 0. The Morgan fingerprint density at radius 1 is 1.24 bits per heavy atom. The van der Waals surface area contributed by atoms with Crippen molar-refractivity contribution in [2.75, 3.05) is 0 Å². The molecular weight excluding hydrogens is 264 g/mol. The molecule has 0 saturated carbocycles. The van der Waals surface area contributed by atoms with Gasteiger partial charge in [-0.25, -0.2) is 4.98 Å². The number of fused-ring (bicyclic) bond motifs is 1. The van der Waals surface area contributed by atoms with Crippen LogP contribution in [-0.4, -0.2) is 4.98 Å². The summed E-state index contributed by atoms with van der Waals surface area (Å²) < 4.78 is 11.3. The summed E-state index contributed by atoms with van der Waals surface area (Å²) in [6, 6.07) is 15.1. The second-order valence-corrected chi connectivity index (χ2v) is 4.69. The maximum Gasteiger partial charge on any atom is 0.195 e. The number of aryl methyl sites for hydroxylation is 1. The van der Waals surface area contributed by atoms with Crippen LogP contribution in [-0.2, 0) is 13.0 Å². The molecule has 3 aromatic rings. The second kappa shape index (κ2) is 5.68. The molecule has 0 amide bonds. The molecule has 1 aromatic heterocycles. The molecule has 0 unspecified atom stereocenters. The molecule has 2 aromatic carbocycles. The first-order valence-electron chi connectivity index (χ1n) is 6.80. The van der Waals surface area contributed by atoms with E-state index >= 15 is 0 Å². The van der Waals surface area contributed by atoms with Gasteiger partial charge in [-0.3, -0.25) is 0 Å². The minimum absolute atomic E-state index is 0.416. The number of oxazole rings is 1. The standard InChI is InChI=1S/C17H14N2O2/c1-2-17-19-15-9-14(6-7-16(15)21-17)20-11-13-5-3-4-12(8-13)10-18/h3-9H,2,11H2,1H3. The van der Waals surface area contributed by atoms with Crippen molar-refractivity contribution >= 4 is 11.1 Å². The summed E-state index contributed by atoms with van der Waals surface area (Å²) >= 11 is 0. The van der Waals surface area contributed by atoms with Gasteiger partial charge in [0.25, 0.3) is 0 Å². The molecule has 0 bridgehead atoms. The molecule has 4 nitrogen and oxygen atoms in total. The molecule has 0 aliphatic heterocycles. The number of aromatic nitrogens is 1. The van der Waals surface area contributed by atoms with Gasteiger partial charge in [0.1, 0.15) is 17.9 Å². The fourth-order valence-corrected chi connectivity index (χ4v) is 2.09. The largest absolute Gasteiger partial charge is 0.489 e. The smallest absolute Gasteiger partial charge is 0.195 e. The third-order valence-corrected chi connectivity index (χ3v) is 3.17. The summed E-state index contributed by atoms with van der Waals surface area (Å²) in [6.07, 6.45) is 0.770. The van der Waals surface area contributed by atoms with Gasteiger partial charge in [0, 0.05) is 12.5 Å². The molecule has 0 saturated heterocycles. The van der Waals surface area contributed by atoms with Gasteiger partial charge < -0.3 is 9.15 Å². The quantitative estimate of drug-likeness (QED) is 0.727.